The molecule has 7 rings (SSSR count). The van der Waals surface area contributed by atoms with Crippen molar-refractivity contribution in [3.63, 3.8) is 0 Å². The quantitative estimate of drug-likeness (QED) is 0.118. The topological polar surface area (TPSA) is 158 Å². The van der Waals surface area contributed by atoms with E-state index in [2.05, 4.69) is 5.32 Å². The Labute approximate surface area is 305 Å². The van der Waals surface area contributed by atoms with Crippen LogP contribution in [-0.4, -0.2) is 52.0 Å². The summed E-state index contributed by atoms with van der Waals surface area (Å²) in [7, 11) is 0. The Bertz CT molecular complexity index is 2310. The molecule has 0 aliphatic carbocycles. The van der Waals surface area contributed by atoms with E-state index in [9.17, 15) is 24.3 Å². The number of hydrogen-bond donors (Lipinski definition) is 2. The van der Waals surface area contributed by atoms with E-state index in [-0.39, 0.29) is 50.3 Å². The van der Waals surface area contributed by atoms with Crippen LogP contribution in [0, 0.1) is 0 Å². The molecule has 0 spiro atoms. The lowest BCUT2D eigenvalue weighted by Crippen LogP contribution is -2.32. The van der Waals surface area contributed by atoms with Gasteiger partial charge in [-0.25, -0.2) is 14.6 Å². The number of aliphatic imine (C=N–C) groups is 1. The first-order valence-electron chi connectivity index (χ1n) is 17.7. The van der Waals surface area contributed by atoms with Gasteiger partial charge in [0, 0.05) is 34.1 Å². The van der Waals surface area contributed by atoms with E-state index in [1.165, 1.54) is 0 Å². The maximum absolute atomic E-state index is 14.0. The van der Waals surface area contributed by atoms with Gasteiger partial charge in [0.1, 0.15) is 12.2 Å². The third-order valence-corrected chi connectivity index (χ3v) is 10.2. The summed E-state index contributed by atoms with van der Waals surface area (Å²) < 4.78 is 17.7. The lowest BCUT2D eigenvalue weighted by atomic mass is 9.80. The molecular weight excluding hydrogens is 676 g/mol. The number of benzene rings is 2. The van der Waals surface area contributed by atoms with Crippen LogP contribution in [0.5, 0.6) is 0 Å². The van der Waals surface area contributed by atoms with Gasteiger partial charge in [0.2, 0.25) is 0 Å². The van der Waals surface area contributed by atoms with Gasteiger partial charge in [0.15, 0.2) is 0 Å². The second kappa shape index (κ2) is 13.9. The van der Waals surface area contributed by atoms with E-state index in [0.717, 1.165) is 16.5 Å². The molecule has 4 aromatic rings. The Morgan fingerprint density at radius 3 is 2.30 bits per heavy atom. The van der Waals surface area contributed by atoms with Crippen LogP contribution in [0.25, 0.3) is 22.3 Å². The predicted molar refractivity (Wildman–Crippen MR) is 197 cm³/mol. The van der Waals surface area contributed by atoms with Crippen molar-refractivity contribution in [2.24, 2.45) is 4.99 Å². The maximum atomic E-state index is 14.0. The van der Waals surface area contributed by atoms with Crippen LogP contribution in [0.15, 0.2) is 86.9 Å². The number of para-hydroxylation sites is 1. The summed E-state index contributed by atoms with van der Waals surface area (Å²) >= 11 is 0. The molecule has 0 bridgehead atoms. The van der Waals surface area contributed by atoms with Crippen molar-refractivity contribution in [1.82, 2.24) is 14.9 Å². The normalized spacial score (nSPS) is 18.3. The minimum atomic E-state index is -1.54. The zero-order valence-electron chi connectivity index (χ0n) is 30.2. The smallest absolute Gasteiger partial charge is 0.336 e. The van der Waals surface area contributed by atoms with Crippen molar-refractivity contribution in [1.29, 1.82) is 0 Å². The molecule has 0 saturated carbocycles. The Kier molecular flexibility index (Phi) is 9.33. The Hall–Kier alpha value is -5.88. The van der Waals surface area contributed by atoms with Gasteiger partial charge in [-0.3, -0.25) is 14.6 Å². The molecule has 5 heterocycles. The summed E-state index contributed by atoms with van der Waals surface area (Å²) in [6, 6.07) is 16.7. The molecule has 0 radical (unpaired) electrons. The van der Waals surface area contributed by atoms with Gasteiger partial charge in [-0.15, -0.1) is 0 Å². The van der Waals surface area contributed by atoms with Crippen LogP contribution >= 0.6 is 0 Å². The highest BCUT2D eigenvalue weighted by molar-refractivity contribution is 6.03. The van der Waals surface area contributed by atoms with Crippen LogP contribution in [-0.2, 0) is 47.3 Å². The van der Waals surface area contributed by atoms with Gasteiger partial charge in [-0.2, -0.15) is 0 Å². The Morgan fingerprint density at radius 1 is 1.00 bits per heavy atom. The number of allylic oxidation sites excluding steroid dienone is 2. The van der Waals surface area contributed by atoms with Crippen molar-refractivity contribution in [2.75, 3.05) is 13.2 Å². The minimum Gasteiger partial charge on any atom is -0.463 e. The molecule has 12 heteroatoms. The number of rotatable bonds is 8. The summed E-state index contributed by atoms with van der Waals surface area (Å²) in [6.45, 7) is 9.16. The average Bonchev–Trinajstić information content (AvgIpc) is 3.44. The molecule has 3 aliphatic heterocycles. The second-order valence-electron chi connectivity index (χ2n) is 13.3. The third-order valence-electron chi connectivity index (χ3n) is 10.2. The monoisotopic (exact) mass is 716 g/mol. The number of pyridine rings is 2. The number of hydrogen-bond acceptors (Lipinski definition) is 11. The molecule has 0 amide bonds. The van der Waals surface area contributed by atoms with E-state index in [0.29, 0.717) is 56.3 Å². The molecule has 2 N–H and O–H groups in total. The summed E-state index contributed by atoms with van der Waals surface area (Å²) in [6.07, 6.45) is 1.74. The highest BCUT2D eigenvalue weighted by atomic mass is 16.5. The Morgan fingerprint density at radius 2 is 1.66 bits per heavy atom. The van der Waals surface area contributed by atoms with Crippen molar-refractivity contribution in [2.45, 2.75) is 72.1 Å². The largest absolute Gasteiger partial charge is 0.463 e. The molecule has 2 aromatic heterocycles. The summed E-state index contributed by atoms with van der Waals surface area (Å²) in [5, 5.41) is 15.5. The first-order chi connectivity index (χ1) is 25.5. The van der Waals surface area contributed by atoms with Crippen LogP contribution in [0.2, 0.25) is 0 Å². The summed E-state index contributed by atoms with van der Waals surface area (Å²) in [5.74, 6) is -2.32. The number of esters is 3. The Balaban J connectivity index is 1.29. The van der Waals surface area contributed by atoms with Gasteiger partial charge in [0.25, 0.3) is 5.56 Å². The maximum Gasteiger partial charge on any atom is 0.336 e. The molecule has 53 heavy (non-hydrogen) atoms. The SMILES string of the molecule is CCOC(=O)C1=C(C)NC(C)=C(C(=O)OCC)C1c1ccc(N=Cc2c3c(nc4ccccc24)-c2cc4c(c(=O)n2C3)COC(=O)CC4(O)CC)cc1. The number of carbonyl (C=O) groups is 3. The van der Waals surface area contributed by atoms with Crippen molar-refractivity contribution < 1.29 is 33.7 Å². The number of aliphatic hydroxyl groups is 1. The molecule has 0 saturated heterocycles. The van der Waals surface area contributed by atoms with E-state index < -0.39 is 29.4 Å². The highest BCUT2D eigenvalue weighted by Gasteiger charge is 2.40. The average molecular weight is 717 g/mol. The number of aromatic nitrogens is 2. The van der Waals surface area contributed by atoms with Crippen molar-refractivity contribution >= 4 is 40.7 Å². The standard InChI is InChI=1S/C41H40N4O8/c1-6-41(50)18-33(46)53-21-29-30(41)17-32-37-28(20-45(32)38(29)47)27(26-11-9-10-12-31(26)44-37)19-42-25-15-13-24(14-16-25)36-34(39(48)51-7-2)22(4)43-23(5)35(36)40(49)52-8-3/h9-17,19,36,43,50H,6-8,18,20-21H2,1-5H3. The van der Waals surface area contributed by atoms with Gasteiger partial charge in [-0.1, -0.05) is 37.3 Å². The van der Waals surface area contributed by atoms with Crippen molar-refractivity contribution in [3.8, 4) is 11.4 Å². The van der Waals surface area contributed by atoms with E-state index in [1.54, 1.807) is 51.5 Å². The molecule has 0 fully saturated rings. The molecule has 2 aromatic carbocycles. The fraction of sp³-hybridized carbons (Fsp3) is 0.317. The fourth-order valence-corrected chi connectivity index (χ4v) is 7.58. The molecular formula is C41H40N4O8. The van der Waals surface area contributed by atoms with Crippen LogP contribution < -0.4 is 10.9 Å². The number of carbonyl (C=O) groups excluding carboxylic acids is 3. The van der Waals surface area contributed by atoms with Gasteiger partial charge in [0.05, 0.1) is 71.4 Å². The van der Waals surface area contributed by atoms with E-state index in [1.807, 2.05) is 48.5 Å². The van der Waals surface area contributed by atoms with E-state index in [4.69, 9.17) is 24.2 Å². The van der Waals surface area contributed by atoms with E-state index >= 15 is 0 Å². The van der Waals surface area contributed by atoms with Crippen molar-refractivity contribution in [3.05, 3.63) is 115 Å². The van der Waals surface area contributed by atoms with Crippen LogP contribution in [0.1, 0.15) is 81.2 Å². The van der Waals surface area contributed by atoms with Crippen LogP contribution in [0.4, 0.5) is 5.69 Å². The number of dihydropyridines is 1. The summed E-state index contributed by atoms with van der Waals surface area (Å²) in [4.78, 5) is 62.6. The first kappa shape index (κ1) is 35.5. The third kappa shape index (κ3) is 6.12. The molecule has 3 aliphatic rings. The molecule has 1 atom stereocenters. The van der Waals surface area contributed by atoms with Crippen LogP contribution in [0.3, 0.4) is 0 Å². The lowest BCUT2D eigenvalue weighted by Gasteiger charge is -2.30. The molecule has 12 nitrogen and oxygen atoms in total. The number of ether oxygens (including phenoxy) is 3. The van der Waals surface area contributed by atoms with Gasteiger partial charge < -0.3 is 29.2 Å². The molecule has 1 unspecified atom stereocenters. The predicted octanol–water partition coefficient (Wildman–Crippen LogP) is 5.58. The second-order valence-corrected chi connectivity index (χ2v) is 13.3. The number of nitrogens with one attached hydrogen (secondary N) is 1. The zero-order valence-corrected chi connectivity index (χ0v) is 30.2. The minimum absolute atomic E-state index is 0.180. The highest BCUT2D eigenvalue weighted by Crippen LogP contribution is 2.42. The number of fused-ring (bicyclic) bond motifs is 5. The molecule has 272 valence electrons. The number of nitrogens with zero attached hydrogens (tertiary/aromatic N) is 3. The van der Waals surface area contributed by atoms with Gasteiger partial charge in [-0.05, 0) is 69.5 Å². The lowest BCUT2D eigenvalue weighted by molar-refractivity contribution is -0.149. The summed E-state index contributed by atoms with van der Waals surface area (Å²) in [5.41, 5.74) is 5.37. The van der Waals surface area contributed by atoms with Gasteiger partial charge >= 0.3 is 17.9 Å². The fourth-order valence-electron chi connectivity index (χ4n) is 7.58. The zero-order chi connectivity index (χ0) is 37.6. The number of cyclic esters (lactones) is 1. The first-order valence-corrected chi connectivity index (χ1v) is 17.7.